The molecule has 4 N–H and O–H groups in total. The molecule has 0 saturated carbocycles. The number of halogens is 1. The van der Waals surface area contributed by atoms with E-state index in [0.29, 0.717) is 24.6 Å². The molecule has 126 valence electrons. The number of pyridine rings is 1. The zero-order valence-electron chi connectivity index (χ0n) is 13.0. The van der Waals surface area contributed by atoms with E-state index >= 15 is 0 Å². The van der Waals surface area contributed by atoms with E-state index in [1.807, 2.05) is 0 Å². The van der Waals surface area contributed by atoms with Crippen LogP contribution in [0.2, 0.25) is 5.02 Å². The van der Waals surface area contributed by atoms with Gasteiger partial charge in [0.25, 0.3) is 0 Å². The number of nitrogens with two attached hydrogens (primary N) is 1. The summed E-state index contributed by atoms with van der Waals surface area (Å²) in [4.78, 5) is 26.3. The van der Waals surface area contributed by atoms with E-state index in [1.165, 1.54) is 12.3 Å². The van der Waals surface area contributed by atoms with Gasteiger partial charge in [0, 0.05) is 18.9 Å². The highest BCUT2D eigenvalue weighted by Gasteiger charge is 2.07. The lowest BCUT2D eigenvalue weighted by Crippen LogP contribution is -2.20. The molecule has 0 saturated heterocycles. The van der Waals surface area contributed by atoms with Gasteiger partial charge in [-0.2, -0.15) is 0 Å². The monoisotopic (exact) mass is 348 g/mol. The number of primary amides is 1. The number of carbonyl (C=O) groups excluding carboxylic acids is 2. The van der Waals surface area contributed by atoms with Crippen LogP contribution in [0.15, 0.2) is 36.5 Å². The number of ether oxygens (including phenoxy) is 1. The Bertz CT molecular complexity index is 735. The molecule has 0 aliphatic rings. The van der Waals surface area contributed by atoms with Crippen molar-refractivity contribution >= 4 is 34.9 Å². The van der Waals surface area contributed by atoms with E-state index in [-0.39, 0.29) is 16.5 Å². The fourth-order valence-corrected chi connectivity index (χ4v) is 2.04. The average Bonchev–Trinajstić information content (AvgIpc) is 2.57. The largest absolute Gasteiger partial charge is 0.493 e. The van der Waals surface area contributed by atoms with E-state index in [0.717, 1.165) is 5.69 Å². The average molecular weight is 349 g/mol. The van der Waals surface area contributed by atoms with E-state index in [1.54, 1.807) is 31.3 Å². The number of nitrogens with one attached hydrogen (secondary N) is 2. The Kier molecular flexibility index (Phi) is 5.97. The fraction of sp³-hybridized carbons (Fsp3) is 0.188. The molecule has 24 heavy (non-hydrogen) atoms. The van der Waals surface area contributed by atoms with Crippen LogP contribution in [-0.4, -0.2) is 30.5 Å². The number of anilines is 2. The van der Waals surface area contributed by atoms with Gasteiger partial charge in [0.1, 0.15) is 11.6 Å². The zero-order chi connectivity index (χ0) is 17.5. The number of benzene rings is 1. The van der Waals surface area contributed by atoms with Crippen LogP contribution in [0.25, 0.3) is 0 Å². The van der Waals surface area contributed by atoms with Gasteiger partial charge in [-0.25, -0.2) is 4.98 Å². The highest BCUT2D eigenvalue weighted by molar-refractivity contribution is 6.33. The number of amides is 2. The lowest BCUT2D eigenvalue weighted by atomic mass is 10.2. The molecule has 0 bridgehead atoms. The van der Waals surface area contributed by atoms with Gasteiger partial charge in [-0.05, 0) is 30.3 Å². The minimum Gasteiger partial charge on any atom is -0.493 e. The van der Waals surface area contributed by atoms with Crippen molar-refractivity contribution in [2.75, 3.05) is 19.0 Å². The Morgan fingerprint density at radius 2 is 2.00 bits per heavy atom. The minimum atomic E-state index is -0.589. The third kappa shape index (κ3) is 4.85. The van der Waals surface area contributed by atoms with Crippen molar-refractivity contribution < 1.29 is 14.3 Å². The van der Waals surface area contributed by atoms with Crippen molar-refractivity contribution in [3.63, 3.8) is 0 Å². The Labute approximate surface area is 144 Å². The molecule has 0 radical (unpaired) electrons. The summed E-state index contributed by atoms with van der Waals surface area (Å²) in [5.41, 5.74) is 6.16. The maximum absolute atomic E-state index is 11.1. The SMILES string of the molecule is CNC(=O)CCOc1ccc(Nc2ncc(C(N)=O)cc2Cl)cc1. The van der Waals surface area contributed by atoms with Gasteiger partial charge >= 0.3 is 0 Å². The predicted molar refractivity (Wildman–Crippen MR) is 91.7 cm³/mol. The molecule has 0 atom stereocenters. The molecule has 0 spiro atoms. The summed E-state index contributed by atoms with van der Waals surface area (Å²) in [6.45, 7) is 0.300. The Morgan fingerprint density at radius 3 is 2.58 bits per heavy atom. The second-order valence-corrected chi connectivity index (χ2v) is 5.25. The van der Waals surface area contributed by atoms with Crippen LogP contribution in [-0.2, 0) is 4.79 Å². The molecule has 0 unspecified atom stereocenters. The lowest BCUT2D eigenvalue weighted by Gasteiger charge is -2.10. The van der Waals surface area contributed by atoms with E-state index in [2.05, 4.69) is 15.6 Å². The summed E-state index contributed by atoms with van der Waals surface area (Å²) in [5, 5.41) is 5.85. The number of hydrogen-bond donors (Lipinski definition) is 3. The van der Waals surface area contributed by atoms with Gasteiger partial charge in [-0.15, -0.1) is 0 Å². The van der Waals surface area contributed by atoms with Crippen LogP contribution in [0.5, 0.6) is 5.75 Å². The summed E-state index contributed by atoms with van der Waals surface area (Å²) >= 11 is 6.07. The molecule has 1 aromatic heterocycles. The molecular formula is C16H17ClN4O3. The van der Waals surface area contributed by atoms with Gasteiger partial charge in [0.05, 0.1) is 23.6 Å². The van der Waals surface area contributed by atoms with E-state index in [9.17, 15) is 9.59 Å². The summed E-state index contributed by atoms with van der Waals surface area (Å²) in [5.74, 6) is 0.394. The third-order valence-corrected chi connectivity index (χ3v) is 3.41. The first-order valence-corrected chi connectivity index (χ1v) is 7.53. The Hall–Kier alpha value is -2.80. The van der Waals surface area contributed by atoms with Gasteiger partial charge < -0.3 is 21.1 Å². The van der Waals surface area contributed by atoms with Crippen LogP contribution in [0.1, 0.15) is 16.8 Å². The number of rotatable bonds is 7. The van der Waals surface area contributed by atoms with Crippen LogP contribution in [0.4, 0.5) is 11.5 Å². The van der Waals surface area contributed by atoms with Crippen molar-refractivity contribution in [2.24, 2.45) is 5.73 Å². The summed E-state index contributed by atoms with van der Waals surface area (Å²) < 4.78 is 5.47. The van der Waals surface area contributed by atoms with Crippen LogP contribution >= 0.6 is 11.6 Å². The second kappa shape index (κ2) is 8.16. The quantitative estimate of drug-likeness (QED) is 0.710. The first-order valence-electron chi connectivity index (χ1n) is 7.15. The number of aromatic nitrogens is 1. The Balaban J connectivity index is 1.96. The molecule has 2 rings (SSSR count). The smallest absolute Gasteiger partial charge is 0.250 e. The molecule has 7 nitrogen and oxygen atoms in total. The molecule has 2 aromatic rings. The molecule has 1 aromatic carbocycles. The summed E-state index contributed by atoms with van der Waals surface area (Å²) in [6.07, 6.45) is 1.65. The first kappa shape index (κ1) is 17.6. The van der Waals surface area contributed by atoms with E-state index in [4.69, 9.17) is 22.1 Å². The predicted octanol–water partition coefficient (Wildman–Crippen LogP) is 2.09. The van der Waals surface area contributed by atoms with Crippen molar-refractivity contribution in [2.45, 2.75) is 6.42 Å². The number of carbonyl (C=O) groups is 2. The van der Waals surface area contributed by atoms with Gasteiger partial charge in [-0.1, -0.05) is 11.6 Å². The summed E-state index contributed by atoms with van der Waals surface area (Å²) in [7, 11) is 1.58. The normalized spacial score (nSPS) is 10.1. The second-order valence-electron chi connectivity index (χ2n) is 4.84. The maximum atomic E-state index is 11.1. The maximum Gasteiger partial charge on any atom is 0.250 e. The van der Waals surface area contributed by atoms with E-state index < -0.39 is 5.91 Å². The zero-order valence-corrected chi connectivity index (χ0v) is 13.8. The minimum absolute atomic E-state index is 0.0755. The van der Waals surface area contributed by atoms with Gasteiger partial charge in [-0.3, -0.25) is 9.59 Å². The number of nitrogens with zero attached hydrogens (tertiary/aromatic N) is 1. The Morgan fingerprint density at radius 1 is 1.29 bits per heavy atom. The van der Waals surface area contributed by atoms with Crippen molar-refractivity contribution in [3.05, 3.63) is 47.1 Å². The standard InChI is InChI=1S/C16H17ClN4O3/c1-19-14(22)6-7-24-12-4-2-11(3-5-12)21-16-13(17)8-10(9-20-16)15(18)23/h2-5,8-9H,6-7H2,1H3,(H2,18,23)(H,19,22)(H,20,21). The van der Waals surface area contributed by atoms with Crippen molar-refractivity contribution in [1.82, 2.24) is 10.3 Å². The van der Waals surface area contributed by atoms with Gasteiger partial charge in [0.15, 0.2) is 0 Å². The first-order chi connectivity index (χ1) is 11.5. The molecule has 0 fully saturated rings. The number of hydrogen-bond acceptors (Lipinski definition) is 5. The highest BCUT2D eigenvalue weighted by Crippen LogP contribution is 2.25. The molecule has 8 heteroatoms. The molecule has 0 aliphatic carbocycles. The topological polar surface area (TPSA) is 106 Å². The van der Waals surface area contributed by atoms with Crippen LogP contribution < -0.4 is 21.1 Å². The highest BCUT2D eigenvalue weighted by atomic mass is 35.5. The molecule has 1 heterocycles. The van der Waals surface area contributed by atoms with Gasteiger partial charge in [0.2, 0.25) is 11.8 Å². The molecule has 0 aliphatic heterocycles. The van der Waals surface area contributed by atoms with Crippen molar-refractivity contribution in [3.8, 4) is 5.75 Å². The van der Waals surface area contributed by atoms with Crippen molar-refractivity contribution in [1.29, 1.82) is 0 Å². The molecule has 2 amide bonds. The molecular weight excluding hydrogens is 332 g/mol. The summed E-state index contributed by atoms with van der Waals surface area (Å²) in [6, 6.07) is 8.55. The van der Waals surface area contributed by atoms with Crippen LogP contribution in [0.3, 0.4) is 0 Å². The van der Waals surface area contributed by atoms with Crippen LogP contribution in [0, 0.1) is 0 Å². The third-order valence-electron chi connectivity index (χ3n) is 3.12. The fourth-order valence-electron chi connectivity index (χ4n) is 1.82. The lowest BCUT2D eigenvalue weighted by molar-refractivity contribution is -0.121.